The minimum atomic E-state index is -0.170. The molecule has 5 rings (SSSR count). The second-order valence-electron chi connectivity index (χ2n) is 8.45. The summed E-state index contributed by atoms with van der Waals surface area (Å²) in [5, 5.41) is 3.01. The Bertz CT molecular complexity index is 1520. The highest BCUT2D eigenvalue weighted by Crippen LogP contribution is 2.31. The van der Waals surface area contributed by atoms with Crippen LogP contribution in [0.3, 0.4) is 0 Å². The van der Waals surface area contributed by atoms with Crippen molar-refractivity contribution in [2.75, 3.05) is 31.4 Å². The summed E-state index contributed by atoms with van der Waals surface area (Å²) in [6.45, 7) is 0. The number of anilines is 2. The largest absolute Gasteiger partial charge is 0.497 e. The minimum absolute atomic E-state index is 0.170. The Morgan fingerprint density at radius 1 is 0.886 bits per heavy atom. The van der Waals surface area contributed by atoms with E-state index < -0.39 is 0 Å². The molecule has 1 amide bonds. The molecule has 0 bridgehead atoms. The average Bonchev–Trinajstić information content (AvgIpc) is 3.29. The number of carbonyl (C=O) groups excluding carboxylic acids is 1. The van der Waals surface area contributed by atoms with Crippen molar-refractivity contribution in [3.05, 3.63) is 103 Å². The third-order valence-electron chi connectivity index (χ3n) is 5.89. The second-order valence-corrected chi connectivity index (χ2v) is 8.45. The molecule has 5 aromatic rings. The number of nitrogens with zero attached hydrogens (tertiary/aromatic N) is 3. The molecule has 6 heteroatoms. The van der Waals surface area contributed by atoms with E-state index in [-0.39, 0.29) is 5.91 Å². The van der Waals surface area contributed by atoms with Gasteiger partial charge in [0.05, 0.1) is 18.3 Å². The van der Waals surface area contributed by atoms with Gasteiger partial charge in [0.15, 0.2) is 0 Å². The van der Waals surface area contributed by atoms with Crippen LogP contribution in [0.25, 0.3) is 28.2 Å². The molecule has 0 aliphatic rings. The van der Waals surface area contributed by atoms with Crippen LogP contribution >= 0.6 is 0 Å². The van der Waals surface area contributed by atoms with Crippen LogP contribution < -0.4 is 15.0 Å². The summed E-state index contributed by atoms with van der Waals surface area (Å²) >= 11 is 0. The van der Waals surface area contributed by atoms with Crippen molar-refractivity contribution >= 4 is 22.8 Å². The lowest BCUT2D eigenvalue weighted by Crippen LogP contribution is -2.13. The predicted octanol–water partition coefficient (Wildman–Crippen LogP) is 6.00. The number of benzene rings is 3. The molecule has 0 aliphatic carbocycles. The maximum atomic E-state index is 13.1. The van der Waals surface area contributed by atoms with Gasteiger partial charge < -0.3 is 15.0 Å². The maximum Gasteiger partial charge on any atom is 0.255 e. The van der Waals surface area contributed by atoms with Gasteiger partial charge in [0.1, 0.15) is 11.6 Å². The highest BCUT2D eigenvalue weighted by atomic mass is 16.5. The predicted molar refractivity (Wildman–Crippen MR) is 141 cm³/mol. The summed E-state index contributed by atoms with van der Waals surface area (Å²) in [5.74, 6) is 1.37. The first kappa shape index (κ1) is 22.2. The molecule has 3 aromatic carbocycles. The number of carbonyl (C=O) groups is 1. The Kier molecular flexibility index (Phi) is 5.94. The Labute approximate surface area is 204 Å². The summed E-state index contributed by atoms with van der Waals surface area (Å²) in [6.07, 6.45) is 1.99. The van der Waals surface area contributed by atoms with Crippen molar-refractivity contribution in [1.82, 2.24) is 9.38 Å². The van der Waals surface area contributed by atoms with Crippen molar-refractivity contribution < 1.29 is 9.53 Å². The quantitative estimate of drug-likeness (QED) is 0.336. The van der Waals surface area contributed by atoms with E-state index in [0.717, 1.165) is 45.3 Å². The van der Waals surface area contributed by atoms with Crippen LogP contribution in [-0.4, -0.2) is 36.5 Å². The zero-order valence-electron chi connectivity index (χ0n) is 19.9. The monoisotopic (exact) mass is 462 g/mol. The molecule has 2 aromatic heterocycles. The van der Waals surface area contributed by atoms with E-state index in [1.54, 1.807) is 7.11 Å². The molecule has 1 N–H and O–H groups in total. The molecule has 0 saturated heterocycles. The van der Waals surface area contributed by atoms with E-state index in [2.05, 4.69) is 5.32 Å². The summed E-state index contributed by atoms with van der Waals surface area (Å²) in [7, 11) is 5.60. The van der Waals surface area contributed by atoms with Crippen LogP contribution in [0.2, 0.25) is 0 Å². The van der Waals surface area contributed by atoms with E-state index in [1.165, 1.54) is 0 Å². The fourth-order valence-electron chi connectivity index (χ4n) is 4.09. The van der Waals surface area contributed by atoms with Crippen molar-refractivity contribution in [2.45, 2.75) is 0 Å². The molecular weight excluding hydrogens is 436 g/mol. The van der Waals surface area contributed by atoms with E-state index in [0.29, 0.717) is 5.56 Å². The number of ether oxygens (including phenoxy) is 1. The number of aromatic nitrogens is 2. The number of hydrogen-bond acceptors (Lipinski definition) is 4. The third-order valence-corrected chi connectivity index (χ3v) is 5.89. The Hall–Kier alpha value is -4.58. The van der Waals surface area contributed by atoms with Gasteiger partial charge in [-0.15, -0.1) is 0 Å². The fourth-order valence-corrected chi connectivity index (χ4v) is 4.09. The van der Waals surface area contributed by atoms with E-state index in [4.69, 9.17) is 9.72 Å². The van der Waals surface area contributed by atoms with Crippen molar-refractivity contribution in [1.29, 1.82) is 0 Å². The van der Waals surface area contributed by atoms with Crippen molar-refractivity contribution in [3.8, 4) is 28.4 Å². The number of imidazole rings is 1. The van der Waals surface area contributed by atoms with E-state index in [9.17, 15) is 4.79 Å². The first-order valence-corrected chi connectivity index (χ1v) is 11.3. The van der Waals surface area contributed by atoms with Gasteiger partial charge in [-0.3, -0.25) is 9.20 Å². The molecule has 0 atom stereocenters. The topological polar surface area (TPSA) is 58.9 Å². The highest BCUT2D eigenvalue weighted by Gasteiger charge is 2.16. The zero-order valence-corrected chi connectivity index (χ0v) is 19.9. The molecular formula is C29H26N4O2. The van der Waals surface area contributed by atoms with Crippen LogP contribution in [0.5, 0.6) is 5.75 Å². The maximum absolute atomic E-state index is 13.1. The molecule has 0 radical (unpaired) electrons. The first-order chi connectivity index (χ1) is 17.0. The van der Waals surface area contributed by atoms with Crippen LogP contribution in [0.4, 0.5) is 11.4 Å². The van der Waals surface area contributed by atoms with E-state index >= 15 is 0 Å². The molecule has 35 heavy (non-hydrogen) atoms. The number of rotatable bonds is 6. The van der Waals surface area contributed by atoms with Gasteiger partial charge in [-0.25, -0.2) is 4.98 Å². The summed E-state index contributed by atoms with van der Waals surface area (Å²) in [5.41, 5.74) is 5.99. The fraction of sp³-hybridized carbons (Fsp3) is 0.103. The molecule has 2 heterocycles. The molecule has 0 spiro atoms. The lowest BCUT2D eigenvalue weighted by Gasteiger charge is -2.14. The second kappa shape index (κ2) is 9.35. The number of fused-ring (bicyclic) bond motifs is 1. The van der Waals surface area contributed by atoms with E-state index in [1.807, 2.05) is 121 Å². The molecule has 0 aliphatic heterocycles. The van der Waals surface area contributed by atoms with Crippen LogP contribution in [0.15, 0.2) is 97.2 Å². The average molecular weight is 463 g/mol. The lowest BCUT2D eigenvalue weighted by molar-refractivity contribution is 0.102. The first-order valence-electron chi connectivity index (χ1n) is 11.3. The van der Waals surface area contributed by atoms with Gasteiger partial charge in [0.2, 0.25) is 0 Å². The zero-order chi connectivity index (χ0) is 24.4. The molecule has 6 nitrogen and oxygen atoms in total. The van der Waals surface area contributed by atoms with Gasteiger partial charge in [-0.2, -0.15) is 0 Å². The molecule has 174 valence electrons. The van der Waals surface area contributed by atoms with Gasteiger partial charge >= 0.3 is 0 Å². The normalized spacial score (nSPS) is 10.8. The molecule has 0 fully saturated rings. The Morgan fingerprint density at radius 2 is 1.69 bits per heavy atom. The standard InChI is InChI=1S/C29H26N4O2/c1-32(2)24-13-8-12-23(19-24)30-29(34)22-11-6-10-21(17-22)28-31-27(26-15-4-5-16-33(26)28)20-9-7-14-25(18-20)35-3/h4-19H,1-3H3,(H,30,34). The van der Waals surface area contributed by atoms with Gasteiger partial charge in [0.25, 0.3) is 5.91 Å². The smallest absolute Gasteiger partial charge is 0.255 e. The number of amides is 1. The van der Waals surface area contributed by atoms with Gasteiger partial charge in [-0.1, -0.05) is 36.4 Å². The van der Waals surface area contributed by atoms with Crippen LogP contribution in [0, 0.1) is 0 Å². The van der Waals surface area contributed by atoms with Crippen molar-refractivity contribution in [3.63, 3.8) is 0 Å². The summed E-state index contributed by atoms with van der Waals surface area (Å²) in [6, 6.07) is 29.2. The number of methoxy groups -OCH3 is 1. The van der Waals surface area contributed by atoms with Crippen molar-refractivity contribution in [2.24, 2.45) is 0 Å². The number of pyridine rings is 1. The molecule has 0 saturated carbocycles. The van der Waals surface area contributed by atoms with Crippen LogP contribution in [0.1, 0.15) is 10.4 Å². The molecule has 0 unspecified atom stereocenters. The summed E-state index contributed by atoms with van der Waals surface area (Å²) < 4.78 is 7.46. The van der Waals surface area contributed by atoms with Gasteiger partial charge in [-0.05, 0) is 54.6 Å². The Morgan fingerprint density at radius 3 is 2.51 bits per heavy atom. The van der Waals surface area contributed by atoms with Gasteiger partial charge in [0, 0.05) is 48.4 Å². The Balaban J connectivity index is 1.52. The number of hydrogen-bond donors (Lipinski definition) is 1. The van der Waals surface area contributed by atoms with Crippen LogP contribution in [-0.2, 0) is 0 Å². The minimum Gasteiger partial charge on any atom is -0.497 e. The number of nitrogens with one attached hydrogen (secondary N) is 1. The lowest BCUT2D eigenvalue weighted by atomic mass is 10.1. The third kappa shape index (κ3) is 4.46. The SMILES string of the molecule is COc1cccc(-c2nc(-c3cccc(C(=O)Nc4cccc(N(C)C)c4)c3)n3ccccc23)c1. The summed E-state index contributed by atoms with van der Waals surface area (Å²) in [4.78, 5) is 20.1. The highest BCUT2D eigenvalue weighted by molar-refractivity contribution is 6.05.